The van der Waals surface area contributed by atoms with E-state index in [0.717, 1.165) is 3.57 Å². The Morgan fingerprint density at radius 2 is 2.15 bits per heavy atom. The number of hydrogen-bond acceptors (Lipinski definition) is 2. The van der Waals surface area contributed by atoms with Gasteiger partial charge in [0, 0.05) is 3.57 Å². The second-order valence-corrected chi connectivity index (χ2v) is 3.82. The number of methoxy groups -OCH3 is 1. The minimum Gasteiger partial charge on any atom is -0.465 e. The van der Waals surface area contributed by atoms with Gasteiger partial charge in [-0.2, -0.15) is 0 Å². The largest absolute Gasteiger partial charge is 0.465 e. The molecule has 0 bridgehead atoms. The molecule has 70 valence electrons. The normalized spacial score (nSPS) is 9.85. The van der Waals surface area contributed by atoms with Gasteiger partial charge in [0.2, 0.25) is 0 Å². The van der Waals surface area contributed by atoms with Crippen LogP contribution in [0.4, 0.5) is 4.39 Å². The van der Waals surface area contributed by atoms with Crippen LogP contribution in [0.5, 0.6) is 0 Å². The Balaban J connectivity index is 3.28. The summed E-state index contributed by atoms with van der Waals surface area (Å²) in [5.74, 6) is -1.16. The fourth-order valence-corrected chi connectivity index (χ4v) is 1.80. The quantitative estimate of drug-likeness (QED) is 0.587. The van der Waals surface area contributed by atoms with Crippen LogP contribution in [0.1, 0.15) is 15.9 Å². The van der Waals surface area contributed by atoms with Gasteiger partial charge in [-0.25, -0.2) is 9.18 Å². The summed E-state index contributed by atoms with van der Waals surface area (Å²) >= 11 is 1.99. The number of halogens is 2. The molecule has 0 radical (unpaired) electrons. The van der Waals surface area contributed by atoms with Gasteiger partial charge in [-0.1, -0.05) is 0 Å². The molecule has 4 heteroatoms. The molecule has 1 aromatic carbocycles. The zero-order chi connectivity index (χ0) is 10.0. The topological polar surface area (TPSA) is 26.3 Å². The van der Waals surface area contributed by atoms with E-state index in [0.29, 0.717) is 5.56 Å². The van der Waals surface area contributed by atoms with Crippen LogP contribution in [0, 0.1) is 16.3 Å². The average molecular weight is 294 g/mol. The third kappa shape index (κ3) is 2.18. The zero-order valence-electron chi connectivity index (χ0n) is 7.23. The van der Waals surface area contributed by atoms with Gasteiger partial charge < -0.3 is 4.74 Å². The van der Waals surface area contributed by atoms with E-state index in [-0.39, 0.29) is 5.56 Å². The fourth-order valence-electron chi connectivity index (χ4n) is 1.06. The minimum atomic E-state index is -0.633. The molecule has 1 rings (SSSR count). The van der Waals surface area contributed by atoms with Crippen molar-refractivity contribution in [3.05, 3.63) is 32.6 Å². The van der Waals surface area contributed by atoms with E-state index in [1.807, 2.05) is 22.6 Å². The van der Waals surface area contributed by atoms with Crippen LogP contribution in [-0.2, 0) is 4.74 Å². The second kappa shape index (κ2) is 4.04. The van der Waals surface area contributed by atoms with Crippen LogP contribution in [0.25, 0.3) is 0 Å². The molecule has 0 aliphatic heterocycles. The molecule has 2 nitrogen and oxygen atoms in total. The Bertz CT molecular complexity index is 326. The molecule has 0 N–H and O–H groups in total. The van der Waals surface area contributed by atoms with Crippen molar-refractivity contribution in [2.75, 3.05) is 7.11 Å². The highest BCUT2D eigenvalue weighted by Crippen LogP contribution is 2.17. The SMILES string of the molecule is COC(=O)c1c(C)cc(I)cc1F. The van der Waals surface area contributed by atoms with Crippen LogP contribution < -0.4 is 0 Å². The zero-order valence-corrected chi connectivity index (χ0v) is 9.38. The van der Waals surface area contributed by atoms with Crippen LogP contribution in [0.3, 0.4) is 0 Å². The molecule has 0 amide bonds. The highest BCUT2D eigenvalue weighted by atomic mass is 127. The highest BCUT2D eigenvalue weighted by molar-refractivity contribution is 14.1. The summed E-state index contributed by atoms with van der Waals surface area (Å²) in [6.45, 7) is 1.68. The summed E-state index contributed by atoms with van der Waals surface area (Å²) in [7, 11) is 1.24. The summed E-state index contributed by atoms with van der Waals surface area (Å²) in [4.78, 5) is 11.1. The van der Waals surface area contributed by atoms with Crippen molar-refractivity contribution < 1.29 is 13.9 Å². The molecule has 0 fully saturated rings. The molecule has 0 aliphatic carbocycles. The molecular formula is C9H8FIO2. The van der Waals surface area contributed by atoms with Gasteiger partial charge in [0.1, 0.15) is 5.82 Å². The molecule has 0 aromatic heterocycles. The fraction of sp³-hybridized carbons (Fsp3) is 0.222. The van der Waals surface area contributed by atoms with E-state index < -0.39 is 11.8 Å². The molecule has 0 unspecified atom stereocenters. The molecular weight excluding hydrogens is 286 g/mol. The summed E-state index contributed by atoms with van der Waals surface area (Å²) in [6.07, 6.45) is 0. The van der Waals surface area contributed by atoms with Gasteiger partial charge in [0.15, 0.2) is 0 Å². The lowest BCUT2D eigenvalue weighted by Gasteiger charge is -2.05. The predicted octanol–water partition coefficient (Wildman–Crippen LogP) is 2.53. The molecule has 0 spiro atoms. The Morgan fingerprint density at radius 3 is 2.62 bits per heavy atom. The van der Waals surface area contributed by atoms with E-state index >= 15 is 0 Å². The van der Waals surface area contributed by atoms with Gasteiger partial charge in [-0.3, -0.25) is 0 Å². The third-order valence-electron chi connectivity index (χ3n) is 1.64. The van der Waals surface area contributed by atoms with Gasteiger partial charge in [-0.05, 0) is 47.2 Å². The summed E-state index contributed by atoms with van der Waals surface area (Å²) in [5, 5.41) is 0. The lowest BCUT2D eigenvalue weighted by Crippen LogP contribution is -2.07. The molecule has 0 atom stereocenters. The van der Waals surface area contributed by atoms with Gasteiger partial charge >= 0.3 is 5.97 Å². The van der Waals surface area contributed by atoms with Crippen LogP contribution in [0.2, 0.25) is 0 Å². The van der Waals surface area contributed by atoms with Crippen LogP contribution in [-0.4, -0.2) is 13.1 Å². The van der Waals surface area contributed by atoms with Crippen LogP contribution >= 0.6 is 22.6 Å². The van der Waals surface area contributed by atoms with E-state index in [1.165, 1.54) is 13.2 Å². The van der Waals surface area contributed by atoms with E-state index in [4.69, 9.17) is 0 Å². The highest BCUT2D eigenvalue weighted by Gasteiger charge is 2.15. The molecule has 0 aliphatic rings. The number of rotatable bonds is 1. The first-order valence-corrected chi connectivity index (χ1v) is 4.68. The minimum absolute atomic E-state index is 0.0166. The summed E-state index contributed by atoms with van der Waals surface area (Å²) in [6, 6.07) is 3.04. The predicted molar refractivity (Wildman–Crippen MR) is 55.2 cm³/mol. The first kappa shape index (κ1) is 10.4. The van der Waals surface area contributed by atoms with Crippen LogP contribution in [0.15, 0.2) is 12.1 Å². The Morgan fingerprint density at radius 1 is 1.54 bits per heavy atom. The van der Waals surface area contributed by atoms with Gasteiger partial charge in [-0.15, -0.1) is 0 Å². The second-order valence-electron chi connectivity index (χ2n) is 2.57. The van der Waals surface area contributed by atoms with Crippen molar-refractivity contribution in [1.29, 1.82) is 0 Å². The number of ether oxygens (including phenoxy) is 1. The monoisotopic (exact) mass is 294 g/mol. The molecule has 13 heavy (non-hydrogen) atoms. The number of carbonyl (C=O) groups is 1. The van der Waals surface area contributed by atoms with E-state index in [2.05, 4.69) is 4.74 Å². The molecule has 0 saturated heterocycles. The summed E-state index contributed by atoms with van der Waals surface area (Å²) < 4.78 is 18.5. The van der Waals surface area contributed by atoms with E-state index in [9.17, 15) is 9.18 Å². The molecule has 0 saturated carbocycles. The Labute approximate surface area is 89.2 Å². The van der Waals surface area contributed by atoms with Crippen molar-refractivity contribution in [3.63, 3.8) is 0 Å². The maximum Gasteiger partial charge on any atom is 0.341 e. The molecule has 1 aromatic rings. The lowest BCUT2D eigenvalue weighted by atomic mass is 10.1. The Kier molecular flexibility index (Phi) is 3.24. The van der Waals surface area contributed by atoms with E-state index in [1.54, 1.807) is 13.0 Å². The molecule has 0 heterocycles. The van der Waals surface area contributed by atoms with Gasteiger partial charge in [0.05, 0.1) is 12.7 Å². The van der Waals surface area contributed by atoms with Crippen molar-refractivity contribution in [2.45, 2.75) is 6.92 Å². The first-order chi connectivity index (χ1) is 6.06. The Hall–Kier alpha value is -0.650. The number of carbonyl (C=O) groups excluding carboxylic acids is 1. The maximum absolute atomic E-state index is 13.2. The van der Waals surface area contributed by atoms with Crippen molar-refractivity contribution in [2.24, 2.45) is 0 Å². The van der Waals surface area contributed by atoms with Crippen molar-refractivity contribution in [1.82, 2.24) is 0 Å². The number of esters is 1. The third-order valence-corrected chi connectivity index (χ3v) is 2.26. The standard InChI is InChI=1S/C9H8FIO2/c1-5-3-6(11)4-7(10)8(5)9(12)13-2/h3-4H,1-2H3. The first-order valence-electron chi connectivity index (χ1n) is 3.60. The smallest absolute Gasteiger partial charge is 0.341 e. The van der Waals surface area contributed by atoms with Crippen molar-refractivity contribution in [3.8, 4) is 0 Å². The summed E-state index contributed by atoms with van der Waals surface area (Å²) in [5.41, 5.74) is 0.610. The number of aryl methyl sites for hydroxylation is 1. The van der Waals surface area contributed by atoms with Gasteiger partial charge in [0.25, 0.3) is 0 Å². The average Bonchev–Trinajstić information content (AvgIpc) is 2.02. The maximum atomic E-state index is 13.2. The lowest BCUT2D eigenvalue weighted by molar-refractivity contribution is 0.0594. The van der Waals surface area contributed by atoms with Crippen molar-refractivity contribution >= 4 is 28.6 Å². The number of hydrogen-bond donors (Lipinski definition) is 0. The number of benzene rings is 1.